The van der Waals surface area contributed by atoms with Gasteiger partial charge in [-0.1, -0.05) is 0 Å². The summed E-state index contributed by atoms with van der Waals surface area (Å²) in [6.07, 6.45) is 1.80. The Kier molecular flexibility index (Phi) is 4.70. The number of amides is 1. The van der Waals surface area contributed by atoms with E-state index in [4.69, 9.17) is 9.47 Å². The van der Waals surface area contributed by atoms with Gasteiger partial charge in [0.1, 0.15) is 12.2 Å². The monoisotopic (exact) mass is 360 g/mol. The molecule has 1 saturated heterocycles. The number of aromatic nitrogens is 1. The number of rotatable bonds is 3. The van der Waals surface area contributed by atoms with Crippen LogP contribution >= 0.6 is 15.9 Å². The molecule has 0 aliphatic carbocycles. The van der Waals surface area contributed by atoms with E-state index in [0.717, 1.165) is 6.42 Å². The molecule has 21 heavy (non-hydrogen) atoms. The van der Waals surface area contributed by atoms with Crippen LogP contribution in [-0.4, -0.2) is 40.8 Å². The molecule has 0 bridgehead atoms. The van der Waals surface area contributed by atoms with E-state index in [-0.39, 0.29) is 24.5 Å². The molecule has 0 radical (unpaired) electrons. The van der Waals surface area contributed by atoms with E-state index in [2.05, 4.69) is 20.9 Å². The first-order chi connectivity index (χ1) is 9.76. The predicted octanol–water partition coefficient (Wildman–Crippen LogP) is 3.37. The van der Waals surface area contributed by atoms with Crippen molar-refractivity contribution in [3.63, 3.8) is 0 Å². The van der Waals surface area contributed by atoms with Crippen molar-refractivity contribution in [3.05, 3.63) is 22.7 Å². The number of carbonyl (C=O) groups excluding carboxylic acids is 1. The zero-order chi connectivity index (χ0) is 15.6. The largest absolute Gasteiger partial charge is 0.487 e. The van der Waals surface area contributed by atoms with Crippen molar-refractivity contribution in [1.29, 1.82) is 0 Å². The smallest absolute Gasteiger partial charge is 0.410 e. The molecular formula is C14H18BrFN2O3. The Morgan fingerprint density at radius 3 is 2.86 bits per heavy atom. The van der Waals surface area contributed by atoms with Gasteiger partial charge >= 0.3 is 6.09 Å². The van der Waals surface area contributed by atoms with Crippen LogP contribution in [0.4, 0.5) is 9.18 Å². The minimum Gasteiger partial charge on any atom is -0.487 e. The summed E-state index contributed by atoms with van der Waals surface area (Å²) >= 11 is 3.21. The standard InChI is InChI=1S/C14H18BrFN2O3/c1-14(2,3)21-13(19)18-5-4-10(18)8-20-11-6-9(15)7-17-12(11)16/h6-7,10H,4-5,8H2,1-3H3. The molecule has 116 valence electrons. The lowest BCUT2D eigenvalue weighted by atomic mass is 10.1. The number of nitrogens with zero attached hydrogens (tertiary/aromatic N) is 2. The van der Waals surface area contributed by atoms with Crippen LogP contribution in [0.2, 0.25) is 0 Å². The summed E-state index contributed by atoms with van der Waals surface area (Å²) in [4.78, 5) is 17.1. The van der Waals surface area contributed by atoms with Crippen molar-refractivity contribution < 1.29 is 18.7 Å². The number of ether oxygens (including phenoxy) is 2. The lowest BCUT2D eigenvalue weighted by Gasteiger charge is -2.40. The molecule has 1 aromatic heterocycles. The Balaban J connectivity index is 1.89. The fourth-order valence-electron chi connectivity index (χ4n) is 1.87. The minimum atomic E-state index is -0.665. The van der Waals surface area contributed by atoms with Gasteiger partial charge in [-0.3, -0.25) is 0 Å². The van der Waals surface area contributed by atoms with Crippen LogP contribution in [0.5, 0.6) is 5.75 Å². The van der Waals surface area contributed by atoms with Crippen molar-refractivity contribution >= 4 is 22.0 Å². The Bertz CT molecular complexity index is 533. The van der Waals surface area contributed by atoms with Gasteiger partial charge in [-0.2, -0.15) is 4.39 Å². The highest BCUT2D eigenvalue weighted by Gasteiger charge is 2.35. The number of likely N-dealkylation sites (tertiary alicyclic amines) is 1. The molecule has 1 fully saturated rings. The highest BCUT2D eigenvalue weighted by Crippen LogP contribution is 2.24. The first kappa shape index (κ1) is 16.0. The van der Waals surface area contributed by atoms with Gasteiger partial charge in [0.2, 0.25) is 0 Å². The molecule has 2 rings (SSSR count). The Hall–Kier alpha value is -1.37. The second-order valence-corrected chi connectivity index (χ2v) is 6.79. The van der Waals surface area contributed by atoms with Crippen LogP contribution in [0.25, 0.3) is 0 Å². The average Bonchev–Trinajstić information content (AvgIpc) is 2.29. The molecule has 0 aromatic carbocycles. The van der Waals surface area contributed by atoms with E-state index in [0.29, 0.717) is 11.0 Å². The quantitative estimate of drug-likeness (QED) is 0.775. The van der Waals surface area contributed by atoms with Crippen LogP contribution in [-0.2, 0) is 4.74 Å². The summed E-state index contributed by atoms with van der Waals surface area (Å²) in [6.45, 7) is 6.30. The van der Waals surface area contributed by atoms with Gasteiger partial charge in [-0.25, -0.2) is 9.78 Å². The van der Waals surface area contributed by atoms with Gasteiger partial charge in [0.15, 0.2) is 5.75 Å². The van der Waals surface area contributed by atoms with E-state index in [1.54, 1.807) is 4.90 Å². The second kappa shape index (κ2) is 6.17. The predicted molar refractivity (Wildman–Crippen MR) is 78.7 cm³/mol. The first-order valence-electron chi connectivity index (χ1n) is 6.70. The van der Waals surface area contributed by atoms with Gasteiger partial charge in [0.25, 0.3) is 5.95 Å². The zero-order valence-electron chi connectivity index (χ0n) is 12.2. The van der Waals surface area contributed by atoms with E-state index in [1.807, 2.05) is 20.8 Å². The minimum absolute atomic E-state index is 0.0698. The third-order valence-corrected chi connectivity index (χ3v) is 3.41. The normalized spacial score (nSPS) is 18.1. The molecule has 1 aliphatic heterocycles. The highest BCUT2D eigenvalue weighted by atomic mass is 79.9. The Morgan fingerprint density at radius 2 is 2.29 bits per heavy atom. The third kappa shape index (κ3) is 4.30. The number of hydrogen-bond donors (Lipinski definition) is 0. The van der Waals surface area contributed by atoms with E-state index < -0.39 is 11.5 Å². The summed E-state index contributed by atoms with van der Waals surface area (Å²) in [5.74, 6) is -0.596. The molecule has 7 heteroatoms. The molecule has 0 N–H and O–H groups in total. The van der Waals surface area contributed by atoms with Crippen LogP contribution in [0.3, 0.4) is 0 Å². The van der Waals surface area contributed by atoms with E-state index in [1.165, 1.54) is 12.3 Å². The molecule has 1 atom stereocenters. The number of hydrogen-bond acceptors (Lipinski definition) is 4. The molecule has 2 heterocycles. The van der Waals surface area contributed by atoms with Gasteiger partial charge in [-0.05, 0) is 43.1 Å². The van der Waals surface area contributed by atoms with Gasteiger partial charge in [0, 0.05) is 23.3 Å². The summed E-state index contributed by atoms with van der Waals surface area (Å²) < 4.78 is 24.8. The fraction of sp³-hybridized carbons (Fsp3) is 0.571. The van der Waals surface area contributed by atoms with Crippen LogP contribution in [0.15, 0.2) is 16.7 Å². The molecule has 5 nitrogen and oxygen atoms in total. The molecule has 0 spiro atoms. The molecule has 1 aromatic rings. The lowest BCUT2D eigenvalue weighted by Crippen LogP contribution is -2.55. The molecule has 1 unspecified atom stereocenters. The van der Waals surface area contributed by atoms with Crippen molar-refractivity contribution in [2.75, 3.05) is 13.2 Å². The SMILES string of the molecule is CC(C)(C)OC(=O)N1CCC1COc1cc(Br)cnc1F. The van der Waals surface area contributed by atoms with E-state index >= 15 is 0 Å². The molecule has 0 saturated carbocycles. The molecule has 1 aliphatic rings. The van der Waals surface area contributed by atoms with Crippen molar-refractivity contribution in [2.24, 2.45) is 0 Å². The highest BCUT2D eigenvalue weighted by molar-refractivity contribution is 9.10. The maximum atomic E-state index is 13.5. The zero-order valence-corrected chi connectivity index (χ0v) is 13.8. The fourth-order valence-corrected chi connectivity index (χ4v) is 2.18. The Labute approximate surface area is 131 Å². The maximum Gasteiger partial charge on any atom is 0.410 e. The van der Waals surface area contributed by atoms with Crippen molar-refractivity contribution in [1.82, 2.24) is 9.88 Å². The van der Waals surface area contributed by atoms with Crippen LogP contribution in [0, 0.1) is 5.95 Å². The van der Waals surface area contributed by atoms with Crippen molar-refractivity contribution in [3.8, 4) is 5.75 Å². The second-order valence-electron chi connectivity index (χ2n) is 5.87. The van der Waals surface area contributed by atoms with Crippen LogP contribution in [0.1, 0.15) is 27.2 Å². The average molecular weight is 361 g/mol. The summed E-state index contributed by atoms with van der Waals surface area (Å²) in [6, 6.07) is 1.41. The lowest BCUT2D eigenvalue weighted by molar-refractivity contribution is -0.0144. The number of carbonyl (C=O) groups is 1. The van der Waals surface area contributed by atoms with Crippen LogP contribution < -0.4 is 4.74 Å². The molecule has 1 amide bonds. The van der Waals surface area contributed by atoms with Crippen molar-refractivity contribution in [2.45, 2.75) is 38.8 Å². The maximum absolute atomic E-state index is 13.5. The summed E-state index contributed by atoms with van der Waals surface area (Å²) in [5, 5.41) is 0. The Morgan fingerprint density at radius 1 is 1.57 bits per heavy atom. The van der Waals surface area contributed by atoms with Gasteiger partial charge < -0.3 is 14.4 Å². The van der Waals surface area contributed by atoms with E-state index in [9.17, 15) is 9.18 Å². The number of halogens is 2. The topological polar surface area (TPSA) is 51.7 Å². The third-order valence-electron chi connectivity index (χ3n) is 2.98. The number of pyridine rings is 1. The summed E-state index contributed by atoms with van der Waals surface area (Å²) in [5.41, 5.74) is -0.529. The summed E-state index contributed by atoms with van der Waals surface area (Å²) in [7, 11) is 0. The van der Waals surface area contributed by atoms with Gasteiger partial charge in [-0.15, -0.1) is 0 Å². The first-order valence-corrected chi connectivity index (χ1v) is 7.49. The van der Waals surface area contributed by atoms with Gasteiger partial charge in [0.05, 0.1) is 6.04 Å². The molecular weight excluding hydrogens is 343 g/mol.